The van der Waals surface area contributed by atoms with Crippen LogP contribution in [-0.2, 0) is 14.4 Å². The Labute approximate surface area is 186 Å². The maximum atomic E-state index is 14.5. The van der Waals surface area contributed by atoms with E-state index in [1.54, 1.807) is 23.4 Å². The van der Waals surface area contributed by atoms with Crippen LogP contribution in [0.4, 0.5) is 23.5 Å². The van der Waals surface area contributed by atoms with Crippen LogP contribution in [0.2, 0.25) is 0 Å². The second-order valence-electron chi connectivity index (χ2n) is 8.84. The minimum atomic E-state index is -5.08. The number of rotatable bonds is 3. The van der Waals surface area contributed by atoms with E-state index >= 15 is 0 Å². The molecule has 1 N–H and O–H groups in total. The molecule has 1 spiro atoms. The number of nitrogens with zero attached hydrogens (tertiary/aromatic N) is 5. The zero-order valence-electron chi connectivity index (χ0n) is 17.6. The minimum absolute atomic E-state index is 0.150. The second kappa shape index (κ2) is 8.41. The van der Waals surface area contributed by atoms with Gasteiger partial charge in [0.2, 0.25) is 5.95 Å². The molecule has 1 aromatic rings. The highest BCUT2D eigenvalue weighted by atomic mass is 19.4. The molecular formula is C20H23F4N5O4. The largest absolute Gasteiger partial charge is 0.490 e. The van der Waals surface area contributed by atoms with E-state index in [9.17, 15) is 22.4 Å². The van der Waals surface area contributed by atoms with Crippen LogP contribution in [0, 0.1) is 5.92 Å². The number of aromatic nitrogens is 2. The third-order valence-electron chi connectivity index (χ3n) is 6.21. The maximum Gasteiger partial charge on any atom is 0.490 e. The molecule has 0 aromatic carbocycles. The van der Waals surface area contributed by atoms with Gasteiger partial charge in [-0.2, -0.15) is 13.2 Å². The first-order valence-electron chi connectivity index (χ1n) is 10.6. The molecular weight excluding hydrogens is 450 g/mol. The highest BCUT2D eigenvalue weighted by molar-refractivity contribution is 6.39. The summed E-state index contributed by atoms with van der Waals surface area (Å²) in [7, 11) is 0. The van der Waals surface area contributed by atoms with E-state index in [-0.39, 0.29) is 24.9 Å². The molecule has 3 aliphatic heterocycles. The van der Waals surface area contributed by atoms with Crippen molar-refractivity contribution in [3.8, 4) is 0 Å². The average molecular weight is 473 g/mol. The Morgan fingerprint density at radius 3 is 2.36 bits per heavy atom. The molecule has 4 heterocycles. The number of hydrogen-bond acceptors (Lipinski definition) is 7. The van der Waals surface area contributed by atoms with E-state index in [0.717, 1.165) is 32.2 Å². The standard InChI is InChI=1S/C18H22FN5O2.C2HF3O2/c19-18(13-3-4-13)11-24(12-18)15(25)14-9-17(26-22-14)5-1-8-23(10-17)16-20-6-2-7-21-16;3-2(4,5)1(6)7/h2,6-7,13H,1,3-5,8-12H2;(H,6,7). The van der Waals surface area contributed by atoms with Gasteiger partial charge in [-0.25, -0.2) is 19.2 Å². The number of anilines is 1. The fourth-order valence-electron chi connectivity index (χ4n) is 4.35. The lowest BCUT2D eigenvalue weighted by atomic mass is 9.86. The number of oxime groups is 1. The Hall–Kier alpha value is -2.99. The monoisotopic (exact) mass is 473 g/mol. The Morgan fingerprint density at radius 1 is 1.15 bits per heavy atom. The van der Waals surface area contributed by atoms with Crippen LogP contribution in [0.5, 0.6) is 0 Å². The van der Waals surface area contributed by atoms with Crippen LogP contribution in [0.1, 0.15) is 32.1 Å². The summed E-state index contributed by atoms with van der Waals surface area (Å²) in [6.07, 6.45) is 2.48. The summed E-state index contributed by atoms with van der Waals surface area (Å²) in [5.74, 6) is -2.11. The van der Waals surface area contributed by atoms with Crippen molar-refractivity contribution < 1.29 is 37.1 Å². The fourth-order valence-corrected chi connectivity index (χ4v) is 4.35. The van der Waals surface area contributed by atoms with E-state index < -0.39 is 23.4 Å². The van der Waals surface area contributed by atoms with E-state index in [2.05, 4.69) is 20.0 Å². The average Bonchev–Trinajstić information content (AvgIpc) is 3.54. The Balaban J connectivity index is 0.000000325. The number of piperidine rings is 1. The van der Waals surface area contributed by atoms with Gasteiger partial charge < -0.3 is 19.7 Å². The lowest BCUT2D eigenvalue weighted by Gasteiger charge is -2.44. The predicted molar refractivity (Wildman–Crippen MR) is 106 cm³/mol. The molecule has 1 unspecified atom stereocenters. The molecule has 3 fully saturated rings. The fraction of sp³-hybridized carbons (Fsp3) is 0.650. The summed E-state index contributed by atoms with van der Waals surface area (Å²) >= 11 is 0. The van der Waals surface area contributed by atoms with Gasteiger partial charge in [-0.05, 0) is 37.7 Å². The van der Waals surface area contributed by atoms with Crippen molar-refractivity contribution in [3.05, 3.63) is 18.5 Å². The highest BCUT2D eigenvalue weighted by Gasteiger charge is 2.56. The number of aliphatic carboxylic acids is 1. The van der Waals surface area contributed by atoms with E-state index in [0.29, 0.717) is 24.6 Å². The third-order valence-corrected chi connectivity index (χ3v) is 6.21. The van der Waals surface area contributed by atoms with Gasteiger partial charge in [-0.15, -0.1) is 0 Å². The number of carbonyl (C=O) groups excluding carboxylic acids is 1. The van der Waals surface area contributed by atoms with Gasteiger partial charge in [-0.3, -0.25) is 4.79 Å². The van der Waals surface area contributed by atoms with Gasteiger partial charge in [0.15, 0.2) is 5.60 Å². The van der Waals surface area contributed by atoms with Crippen molar-refractivity contribution in [2.24, 2.45) is 11.1 Å². The van der Waals surface area contributed by atoms with Gasteiger partial charge in [0.25, 0.3) is 5.91 Å². The van der Waals surface area contributed by atoms with Gasteiger partial charge in [0.1, 0.15) is 11.4 Å². The summed E-state index contributed by atoms with van der Waals surface area (Å²) in [4.78, 5) is 39.5. The summed E-state index contributed by atoms with van der Waals surface area (Å²) in [5.41, 5.74) is -1.25. The summed E-state index contributed by atoms with van der Waals surface area (Å²) in [6.45, 7) is 1.86. The molecule has 13 heteroatoms. The van der Waals surface area contributed by atoms with Crippen LogP contribution in [0.15, 0.2) is 23.6 Å². The van der Waals surface area contributed by atoms with Crippen molar-refractivity contribution in [2.75, 3.05) is 31.1 Å². The smallest absolute Gasteiger partial charge is 0.475 e. The van der Waals surface area contributed by atoms with Gasteiger partial charge in [0.05, 0.1) is 19.6 Å². The van der Waals surface area contributed by atoms with Crippen molar-refractivity contribution in [1.82, 2.24) is 14.9 Å². The topological polar surface area (TPSA) is 108 Å². The molecule has 9 nitrogen and oxygen atoms in total. The molecule has 0 radical (unpaired) electrons. The zero-order valence-corrected chi connectivity index (χ0v) is 17.6. The molecule has 5 rings (SSSR count). The van der Waals surface area contributed by atoms with Crippen LogP contribution in [0.25, 0.3) is 0 Å². The first-order chi connectivity index (χ1) is 15.5. The van der Waals surface area contributed by atoms with Crippen LogP contribution in [0.3, 0.4) is 0 Å². The molecule has 180 valence electrons. The molecule has 1 aliphatic carbocycles. The van der Waals surface area contributed by atoms with E-state index in [1.807, 2.05) is 0 Å². The molecule has 1 saturated carbocycles. The molecule has 1 aromatic heterocycles. The molecule has 2 saturated heterocycles. The summed E-state index contributed by atoms with van der Waals surface area (Å²) in [5, 5.41) is 11.2. The molecule has 4 aliphatic rings. The molecule has 33 heavy (non-hydrogen) atoms. The van der Waals surface area contributed by atoms with Crippen molar-refractivity contribution in [2.45, 2.75) is 49.6 Å². The number of alkyl halides is 4. The lowest BCUT2D eigenvalue weighted by molar-refractivity contribution is -0.192. The van der Waals surface area contributed by atoms with Crippen molar-refractivity contribution in [3.63, 3.8) is 0 Å². The number of hydrogen-bond donors (Lipinski definition) is 1. The normalized spacial score (nSPS) is 26.0. The first-order valence-corrected chi connectivity index (χ1v) is 10.6. The van der Waals surface area contributed by atoms with Crippen LogP contribution < -0.4 is 4.90 Å². The third kappa shape index (κ3) is 5.01. The summed E-state index contributed by atoms with van der Waals surface area (Å²) < 4.78 is 46.2. The quantitative estimate of drug-likeness (QED) is 0.671. The summed E-state index contributed by atoms with van der Waals surface area (Å²) in [6, 6.07) is 1.79. The highest BCUT2D eigenvalue weighted by Crippen LogP contribution is 2.47. The van der Waals surface area contributed by atoms with Gasteiger partial charge in [0, 0.05) is 25.4 Å². The molecule has 1 atom stereocenters. The van der Waals surface area contributed by atoms with Crippen molar-refractivity contribution >= 4 is 23.5 Å². The lowest BCUT2D eigenvalue weighted by Crippen LogP contribution is -2.63. The molecule has 0 bridgehead atoms. The van der Waals surface area contributed by atoms with E-state index in [4.69, 9.17) is 14.7 Å². The van der Waals surface area contributed by atoms with E-state index in [1.165, 1.54) is 0 Å². The number of carbonyl (C=O) groups is 2. The number of amides is 1. The van der Waals surface area contributed by atoms with Crippen LogP contribution in [-0.4, -0.2) is 81.2 Å². The number of carboxylic acids is 1. The zero-order chi connectivity index (χ0) is 23.9. The Bertz CT molecular complexity index is 934. The first kappa shape index (κ1) is 23.2. The number of halogens is 4. The van der Waals surface area contributed by atoms with Gasteiger partial charge >= 0.3 is 12.1 Å². The second-order valence-corrected chi connectivity index (χ2v) is 8.84. The Kier molecular flexibility index (Phi) is 5.91. The number of likely N-dealkylation sites (tertiary alicyclic amines) is 1. The van der Waals surface area contributed by atoms with Gasteiger partial charge in [-0.1, -0.05) is 5.16 Å². The number of carboxylic acid groups (broad SMARTS) is 1. The minimum Gasteiger partial charge on any atom is -0.475 e. The SMILES string of the molecule is O=C(C1=NOC2(CCCN(c3ncccn3)C2)C1)N1CC(F)(C2CC2)C1.O=C(O)C(F)(F)F. The Morgan fingerprint density at radius 2 is 1.79 bits per heavy atom. The molecule has 1 amide bonds. The van der Waals surface area contributed by atoms with Crippen molar-refractivity contribution in [1.29, 1.82) is 0 Å². The predicted octanol–water partition coefficient (Wildman–Crippen LogP) is 2.19. The maximum absolute atomic E-state index is 14.5. The van der Waals surface area contributed by atoms with Crippen LogP contribution >= 0.6 is 0 Å².